The molecule has 1 aliphatic heterocycles. The lowest BCUT2D eigenvalue weighted by Gasteiger charge is -2.12. The normalized spacial score (nSPS) is 12.2. The van der Waals surface area contributed by atoms with Crippen molar-refractivity contribution >= 4 is 18.1 Å². The number of aliphatic hydroxyl groups is 1. The van der Waals surface area contributed by atoms with Crippen LogP contribution < -0.4 is 0 Å². The van der Waals surface area contributed by atoms with Crippen LogP contribution in [-0.2, 0) is 13.0 Å². The fourth-order valence-electron chi connectivity index (χ4n) is 2.59. The summed E-state index contributed by atoms with van der Waals surface area (Å²) < 4.78 is 3.61. The van der Waals surface area contributed by atoms with Gasteiger partial charge in [-0.15, -0.1) is 0 Å². The van der Waals surface area contributed by atoms with Crippen molar-refractivity contribution in [3.05, 3.63) is 53.6 Å². The largest absolute Gasteiger partial charge is 0.397 e. The molecule has 0 fully saturated rings. The molecule has 0 radical (unpaired) electrons. The molecule has 132 valence electrons. The number of aliphatic hydroxyl groups excluding tert-OH is 1. The molecule has 3 aromatic rings. The van der Waals surface area contributed by atoms with Crippen molar-refractivity contribution in [1.82, 2.24) is 19.4 Å². The number of aryl methyl sites for hydroxylation is 1. The van der Waals surface area contributed by atoms with E-state index in [1.165, 1.54) is 12.8 Å². The van der Waals surface area contributed by atoms with Gasteiger partial charge in [0.15, 0.2) is 12.6 Å². The lowest BCUT2D eigenvalue weighted by molar-refractivity contribution is 0.111. The average Bonchev–Trinajstić information content (AvgIpc) is 3.26. The van der Waals surface area contributed by atoms with Gasteiger partial charge in [0, 0.05) is 25.0 Å². The van der Waals surface area contributed by atoms with Crippen LogP contribution in [0.3, 0.4) is 0 Å². The van der Waals surface area contributed by atoms with Crippen molar-refractivity contribution in [2.24, 2.45) is 0 Å². The van der Waals surface area contributed by atoms with Crippen molar-refractivity contribution in [1.29, 1.82) is 0 Å². The van der Waals surface area contributed by atoms with Crippen LogP contribution in [0.2, 0.25) is 0 Å². The van der Waals surface area contributed by atoms with Crippen molar-refractivity contribution in [2.45, 2.75) is 32.7 Å². The van der Waals surface area contributed by atoms with E-state index in [2.05, 4.69) is 10.2 Å². The van der Waals surface area contributed by atoms with E-state index in [9.17, 15) is 9.59 Å². The minimum absolute atomic E-state index is 0.250. The van der Waals surface area contributed by atoms with E-state index in [0.717, 1.165) is 42.3 Å². The highest BCUT2D eigenvalue weighted by Gasteiger charge is 2.13. The molecule has 0 unspecified atom stereocenters. The van der Waals surface area contributed by atoms with Gasteiger partial charge in [0.2, 0.25) is 0 Å². The van der Waals surface area contributed by atoms with E-state index in [0.29, 0.717) is 5.56 Å². The number of pyridine rings is 1. The third-order valence-electron chi connectivity index (χ3n) is 3.72. The van der Waals surface area contributed by atoms with Crippen LogP contribution in [0.4, 0.5) is 0 Å². The van der Waals surface area contributed by atoms with E-state index in [-0.39, 0.29) is 6.61 Å². The highest BCUT2D eigenvalue weighted by Crippen LogP contribution is 2.16. The molecule has 7 heteroatoms. The molecule has 4 heterocycles. The van der Waals surface area contributed by atoms with Crippen LogP contribution in [-0.4, -0.2) is 43.7 Å². The van der Waals surface area contributed by atoms with E-state index in [1.54, 1.807) is 23.8 Å². The minimum Gasteiger partial charge on any atom is -0.397 e. The van der Waals surface area contributed by atoms with Gasteiger partial charge in [0.1, 0.15) is 0 Å². The summed E-state index contributed by atoms with van der Waals surface area (Å²) in [5.74, 6) is 0. The molecule has 0 aromatic carbocycles. The molecule has 0 spiro atoms. The van der Waals surface area contributed by atoms with Crippen molar-refractivity contribution in [3.63, 3.8) is 0 Å². The molecule has 1 N–H and O–H groups in total. The second kappa shape index (κ2) is 9.48. The maximum absolute atomic E-state index is 10.5. The fourth-order valence-corrected chi connectivity index (χ4v) is 2.59. The molecule has 0 atom stereocenters. The molecule has 0 bridgehead atoms. The van der Waals surface area contributed by atoms with E-state index < -0.39 is 0 Å². The molecule has 0 saturated heterocycles. The summed E-state index contributed by atoms with van der Waals surface area (Å²) in [7, 11) is 0. The Morgan fingerprint density at radius 1 is 1.12 bits per heavy atom. The van der Waals surface area contributed by atoms with Gasteiger partial charge in [-0.25, -0.2) is 4.52 Å². The topological polar surface area (TPSA) is 89.5 Å². The number of rotatable bonds is 2. The monoisotopic (exact) mass is 342 g/mol. The number of hydrogen-bond donors (Lipinski definition) is 1. The Hall–Kier alpha value is -2.80. The third kappa shape index (κ3) is 4.60. The SMILES string of the molecule is CCO.O=Cc1cnn2c1CCCC2.O=Cc1cnn2ccccc12. The number of nitrogens with zero attached hydrogens (tertiary/aromatic N) is 4. The Balaban J connectivity index is 0.000000156. The van der Waals surface area contributed by atoms with E-state index in [1.807, 2.05) is 29.1 Å². The van der Waals surface area contributed by atoms with Crippen molar-refractivity contribution in [2.75, 3.05) is 6.61 Å². The summed E-state index contributed by atoms with van der Waals surface area (Å²) in [6, 6.07) is 5.61. The zero-order chi connectivity index (χ0) is 18.1. The number of carbonyl (C=O) groups excluding carboxylic acids is 2. The Morgan fingerprint density at radius 3 is 2.56 bits per heavy atom. The number of carbonyl (C=O) groups is 2. The van der Waals surface area contributed by atoms with Crippen LogP contribution in [0.15, 0.2) is 36.8 Å². The molecular formula is C18H22N4O3. The highest BCUT2D eigenvalue weighted by atomic mass is 16.2. The zero-order valence-electron chi connectivity index (χ0n) is 14.2. The average molecular weight is 342 g/mol. The molecule has 7 nitrogen and oxygen atoms in total. The summed E-state index contributed by atoms with van der Waals surface area (Å²) in [4.78, 5) is 20.9. The number of aromatic nitrogens is 4. The molecule has 0 saturated carbocycles. The van der Waals surface area contributed by atoms with Gasteiger partial charge in [-0.3, -0.25) is 14.3 Å². The molecule has 1 aliphatic rings. The molecular weight excluding hydrogens is 320 g/mol. The fraction of sp³-hybridized carbons (Fsp3) is 0.333. The van der Waals surface area contributed by atoms with Gasteiger partial charge in [0.25, 0.3) is 0 Å². The lowest BCUT2D eigenvalue weighted by atomic mass is 10.1. The predicted molar refractivity (Wildman–Crippen MR) is 93.9 cm³/mol. The van der Waals surface area contributed by atoms with Crippen LogP contribution in [0.25, 0.3) is 5.52 Å². The summed E-state index contributed by atoms with van der Waals surface area (Å²) in [6.45, 7) is 2.91. The molecule has 3 aromatic heterocycles. The molecule has 0 amide bonds. The minimum atomic E-state index is 0.250. The Labute approximate surface area is 145 Å². The van der Waals surface area contributed by atoms with Gasteiger partial charge >= 0.3 is 0 Å². The Morgan fingerprint density at radius 2 is 1.84 bits per heavy atom. The van der Waals surface area contributed by atoms with Crippen molar-refractivity contribution < 1.29 is 14.7 Å². The molecule has 25 heavy (non-hydrogen) atoms. The standard InChI is InChI=1S/C8H10N2O.C8H6N2O.C2H6O/c2*11-6-7-5-9-10-4-2-1-3-8(7)10;1-2-3/h5-6H,1-4H2;1-6H;3H,2H2,1H3. The summed E-state index contributed by atoms with van der Waals surface area (Å²) in [5, 5.41) is 15.7. The predicted octanol–water partition coefficient (Wildman–Crippen LogP) is 2.18. The maximum atomic E-state index is 10.5. The van der Waals surface area contributed by atoms with Gasteiger partial charge in [-0.1, -0.05) is 6.07 Å². The second-order valence-electron chi connectivity index (χ2n) is 5.41. The zero-order valence-corrected chi connectivity index (χ0v) is 14.2. The van der Waals surface area contributed by atoms with Crippen molar-refractivity contribution in [3.8, 4) is 0 Å². The third-order valence-corrected chi connectivity index (χ3v) is 3.72. The van der Waals surface area contributed by atoms with Gasteiger partial charge in [-0.2, -0.15) is 10.2 Å². The summed E-state index contributed by atoms with van der Waals surface area (Å²) >= 11 is 0. The molecule has 4 rings (SSSR count). The van der Waals surface area contributed by atoms with E-state index in [4.69, 9.17) is 5.11 Å². The highest BCUT2D eigenvalue weighted by molar-refractivity contribution is 5.85. The Kier molecular flexibility index (Phi) is 7.03. The lowest BCUT2D eigenvalue weighted by Crippen LogP contribution is -2.11. The van der Waals surface area contributed by atoms with Crippen LogP contribution in [0, 0.1) is 0 Å². The van der Waals surface area contributed by atoms with Crippen LogP contribution in [0.1, 0.15) is 46.2 Å². The van der Waals surface area contributed by atoms with Gasteiger partial charge < -0.3 is 5.11 Å². The summed E-state index contributed by atoms with van der Waals surface area (Å²) in [5.41, 5.74) is 3.36. The van der Waals surface area contributed by atoms with Gasteiger partial charge in [0.05, 0.1) is 29.0 Å². The number of aldehydes is 2. The number of fused-ring (bicyclic) bond motifs is 2. The first-order valence-corrected chi connectivity index (χ1v) is 8.23. The smallest absolute Gasteiger partial charge is 0.153 e. The first-order valence-electron chi connectivity index (χ1n) is 8.23. The number of hydrogen-bond acceptors (Lipinski definition) is 5. The first kappa shape index (κ1) is 18.5. The quantitative estimate of drug-likeness (QED) is 0.721. The van der Waals surface area contributed by atoms with E-state index >= 15 is 0 Å². The maximum Gasteiger partial charge on any atom is 0.153 e. The first-order chi connectivity index (χ1) is 12.2. The second-order valence-corrected chi connectivity index (χ2v) is 5.41. The van der Waals surface area contributed by atoms with Gasteiger partial charge in [-0.05, 0) is 38.3 Å². The van der Waals surface area contributed by atoms with Crippen LogP contribution >= 0.6 is 0 Å². The molecule has 0 aliphatic carbocycles. The van der Waals surface area contributed by atoms with Crippen LogP contribution in [0.5, 0.6) is 0 Å². The Bertz CT molecular complexity index is 823. The summed E-state index contributed by atoms with van der Waals surface area (Å²) in [6.07, 6.45) is 10.1.